The Morgan fingerprint density at radius 2 is 1.75 bits per heavy atom. The van der Waals surface area contributed by atoms with Gasteiger partial charge in [0.25, 0.3) is 0 Å². The van der Waals surface area contributed by atoms with E-state index in [0.29, 0.717) is 0 Å². The average Bonchev–Trinajstić information content (AvgIpc) is 1.84. The third-order valence-corrected chi connectivity index (χ3v) is 1.17. The normalized spacial score (nSPS) is 13.9. The first-order chi connectivity index (χ1) is 5.34. The molecule has 0 amide bonds. The Morgan fingerprint density at radius 1 is 1.25 bits per heavy atom. The lowest BCUT2D eigenvalue weighted by molar-refractivity contribution is -0.0912. The highest BCUT2D eigenvalue weighted by Gasteiger charge is 2.29. The first-order valence-corrected chi connectivity index (χ1v) is 3.41. The van der Waals surface area contributed by atoms with Crippen LogP contribution in [-0.2, 0) is 0 Å². The molecule has 0 saturated carbocycles. The summed E-state index contributed by atoms with van der Waals surface area (Å²) >= 11 is 0. The highest BCUT2D eigenvalue weighted by molar-refractivity contribution is 5.21. The number of hydrogen-bond donors (Lipinski definition) is 0. The van der Waals surface area contributed by atoms with Crippen molar-refractivity contribution >= 4 is 0 Å². The maximum Gasteiger partial charge on any atom is 0.412 e. The van der Waals surface area contributed by atoms with Crippen LogP contribution in [0, 0.1) is 0 Å². The molecule has 12 heavy (non-hydrogen) atoms. The summed E-state index contributed by atoms with van der Waals surface area (Å²) < 4.78 is 35.5. The van der Waals surface area contributed by atoms with E-state index in [1.807, 2.05) is 0 Å². The third kappa shape index (κ3) is 4.77. The number of rotatable bonds is 2. The van der Waals surface area contributed by atoms with Crippen LogP contribution in [0.25, 0.3) is 0 Å². The summed E-state index contributed by atoms with van der Waals surface area (Å²) in [5.74, 6) is 0. The SMILES string of the molecule is C=C(C)/C=C\C=C(/C)C(F)(F)F. The number of halogens is 3. The van der Waals surface area contributed by atoms with Gasteiger partial charge >= 0.3 is 6.18 Å². The fourth-order valence-corrected chi connectivity index (χ4v) is 0.451. The van der Waals surface area contributed by atoms with E-state index in [1.54, 1.807) is 6.92 Å². The summed E-state index contributed by atoms with van der Waals surface area (Å²) in [7, 11) is 0. The third-order valence-electron chi connectivity index (χ3n) is 1.17. The van der Waals surface area contributed by atoms with Gasteiger partial charge in [-0.1, -0.05) is 30.4 Å². The molecule has 0 saturated heterocycles. The van der Waals surface area contributed by atoms with Crippen molar-refractivity contribution < 1.29 is 13.2 Å². The fraction of sp³-hybridized carbons (Fsp3) is 0.333. The van der Waals surface area contributed by atoms with Crippen LogP contribution < -0.4 is 0 Å². The molecule has 0 aliphatic heterocycles. The molecule has 0 fully saturated rings. The highest BCUT2D eigenvalue weighted by atomic mass is 19.4. The summed E-state index contributed by atoms with van der Waals surface area (Å²) in [6.45, 7) is 6.26. The van der Waals surface area contributed by atoms with Gasteiger partial charge in [-0.2, -0.15) is 13.2 Å². The molecule has 0 spiro atoms. The summed E-state index contributed by atoms with van der Waals surface area (Å²) in [6, 6.07) is 0. The zero-order chi connectivity index (χ0) is 9.78. The van der Waals surface area contributed by atoms with Crippen molar-refractivity contribution in [1.29, 1.82) is 0 Å². The highest BCUT2D eigenvalue weighted by Crippen LogP contribution is 2.24. The second-order valence-electron chi connectivity index (χ2n) is 2.55. The number of hydrogen-bond acceptors (Lipinski definition) is 0. The standard InChI is InChI=1S/C9H11F3/c1-7(2)5-4-6-8(3)9(10,11)12/h4-6H,1H2,2-3H3/b5-4-,8-6+. The van der Waals surface area contributed by atoms with Gasteiger partial charge in [0.15, 0.2) is 0 Å². The van der Waals surface area contributed by atoms with E-state index in [4.69, 9.17) is 0 Å². The van der Waals surface area contributed by atoms with Gasteiger partial charge < -0.3 is 0 Å². The van der Waals surface area contributed by atoms with Gasteiger partial charge in [-0.3, -0.25) is 0 Å². The molecule has 3 heteroatoms. The van der Waals surface area contributed by atoms with Crippen molar-refractivity contribution in [3.8, 4) is 0 Å². The minimum atomic E-state index is -4.22. The van der Waals surface area contributed by atoms with E-state index in [2.05, 4.69) is 6.58 Å². The van der Waals surface area contributed by atoms with Crippen LogP contribution in [0.15, 0.2) is 36.0 Å². The van der Waals surface area contributed by atoms with Crippen LogP contribution in [0.5, 0.6) is 0 Å². The van der Waals surface area contributed by atoms with Crippen molar-refractivity contribution in [2.75, 3.05) is 0 Å². The monoisotopic (exact) mass is 176 g/mol. The summed E-state index contributed by atoms with van der Waals surface area (Å²) in [5.41, 5.74) is 0.112. The molecule has 0 aromatic carbocycles. The zero-order valence-corrected chi connectivity index (χ0v) is 7.07. The molecule has 0 aliphatic rings. The largest absolute Gasteiger partial charge is 0.412 e. The minimum absolute atomic E-state index is 0.611. The molecule has 0 aromatic rings. The molecule has 0 aliphatic carbocycles. The molecule has 0 unspecified atom stereocenters. The van der Waals surface area contributed by atoms with Crippen LogP contribution in [0.2, 0.25) is 0 Å². The van der Waals surface area contributed by atoms with Crippen LogP contribution >= 0.6 is 0 Å². The number of alkyl halides is 3. The lowest BCUT2D eigenvalue weighted by atomic mass is 10.2. The number of allylic oxidation sites excluding steroid dienone is 5. The molecule has 0 radical (unpaired) electrons. The molecular weight excluding hydrogens is 165 g/mol. The van der Waals surface area contributed by atoms with Crippen LogP contribution in [0.1, 0.15) is 13.8 Å². The quantitative estimate of drug-likeness (QED) is 0.563. The van der Waals surface area contributed by atoms with E-state index >= 15 is 0 Å². The van der Waals surface area contributed by atoms with Gasteiger partial charge in [-0.05, 0) is 13.8 Å². The fourth-order valence-electron chi connectivity index (χ4n) is 0.451. The lowest BCUT2D eigenvalue weighted by Gasteiger charge is -2.03. The zero-order valence-electron chi connectivity index (χ0n) is 7.07. The summed E-state index contributed by atoms with van der Waals surface area (Å²) in [4.78, 5) is 0. The van der Waals surface area contributed by atoms with Crippen LogP contribution in [0.3, 0.4) is 0 Å². The minimum Gasteiger partial charge on any atom is -0.166 e. The van der Waals surface area contributed by atoms with Gasteiger partial charge in [0.05, 0.1) is 0 Å². The lowest BCUT2D eigenvalue weighted by Crippen LogP contribution is -2.08. The topological polar surface area (TPSA) is 0 Å². The van der Waals surface area contributed by atoms with Crippen LogP contribution in [0.4, 0.5) is 13.2 Å². The first kappa shape index (κ1) is 11.0. The van der Waals surface area contributed by atoms with E-state index in [-0.39, 0.29) is 0 Å². The molecule has 68 valence electrons. The van der Waals surface area contributed by atoms with E-state index in [0.717, 1.165) is 18.6 Å². The van der Waals surface area contributed by atoms with Gasteiger partial charge in [-0.25, -0.2) is 0 Å². The smallest absolute Gasteiger partial charge is 0.166 e. The van der Waals surface area contributed by atoms with Crippen molar-refractivity contribution in [3.63, 3.8) is 0 Å². The Morgan fingerprint density at radius 3 is 2.08 bits per heavy atom. The Labute approximate surface area is 70.1 Å². The molecule has 0 aromatic heterocycles. The Balaban J connectivity index is 4.29. The van der Waals surface area contributed by atoms with E-state index < -0.39 is 11.7 Å². The molecular formula is C9H11F3. The van der Waals surface area contributed by atoms with E-state index in [9.17, 15) is 13.2 Å². The summed E-state index contributed by atoms with van der Waals surface area (Å²) in [5, 5.41) is 0. The van der Waals surface area contributed by atoms with Gasteiger partial charge in [0.2, 0.25) is 0 Å². The second-order valence-corrected chi connectivity index (χ2v) is 2.55. The maximum atomic E-state index is 11.8. The second kappa shape index (κ2) is 4.14. The van der Waals surface area contributed by atoms with E-state index in [1.165, 1.54) is 12.2 Å². The molecule has 0 bridgehead atoms. The van der Waals surface area contributed by atoms with Crippen molar-refractivity contribution in [3.05, 3.63) is 36.0 Å². The van der Waals surface area contributed by atoms with Crippen molar-refractivity contribution in [1.82, 2.24) is 0 Å². The van der Waals surface area contributed by atoms with Crippen LogP contribution in [-0.4, -0.2) is 6.18 Å². The average molecular weight is 176 g/mol. The predicted octanol–water partition coefficient (Wildman–Crippen LogP) is 3.63. The molecule has 0 rings (SSSR count). The van der Waals surface area contributed by atoms with Crippen molar-refractivity contribution in [2.45, 2.75) is 20.0 Å². The molecule has 0 nitrogen and oxygen atoms in total. The van der Waals surface area contributed by atoms with Crippen molar-refractivity contribution in [2.24, 2.45) is 0 Å². The predicted molar refractivity (Wildman–Crippen MR) is 43.8 cm³/mol. The Bertz CT molecular complexity index is 218. The van der Waals surface area contributed by atoms with Gasteiger partial charge in [-0.15, -0.1) is 0 Å². The molecule has 0 heterocycles. The molecule has 0 N–H and O–H groups in total. The summed E-state index contributed by atoms with van der Waals surface area (Å²) in [6.07, 6.45) is -0.339. The van der Waals surface area contributed by atoms with Gasteiger partial charge in [0, 0.05) is 5.57 Å². The maximum absolute atomic E-state index is 11.8. The Hall–Kier alpha value is -0.990. The first-order valence-electron chi connectivity index (χ1n) is 3.41. The molecule has 0 atom stereocenters. The Kier molecular flexibility index (Phi) is 3.80. The van der Waals surface area contributed by atoms with Gasteiger partial charge in [0.1, 0.15) is 0 Å².